The fraction of sp³-hybridized carbons (Fsp3) is 0.400. The quantitative estimate of drug-likeness (QED) is 0.800. The highest BCUT2D eigenvalue weighted by Crippen LogP contribution is 2.10. The third-order valence-corrected chi connectivity index (χ3v) is 2.72. The molecule has 0 bridgehead atoms. The van der Waals surface area contributed by atoms with Crippen molar-refractivity contribution in [3.05, 3.63) is 29.8 Å². The molecule has 0 unspecified atom stereocenters. The first kappa shape index (κ1) is 15.7. The van der Waals surface area contributed by atoms with Gasteiger partial charge in [0.2, 0.25) is 11.8 Å². The maximum atomic E-state index is 11.5. The van der Waals surface area contributed by atoms with Crippen LogP contribution >= 0.6 is 0 Å². The van der Waals surface area contributed by atoms with Gasteiger partial charge >= 0.3 is 0 Å². The number of anilines is 1. The number of nitrogens with zero attached hydrogens (tertiary/aromatic N) is 1. The molecular weight excluding hydrogens is 254 g/mol. The van der Waals surface area contributed by atoms with Crippen LogP contribution in [0.5, 0.6) is 0 Å². The third kappa shape index (κ3) is 6.01. The van der Waals surface area contributed by atoms with Crippen LogP contribution in [0.25, 0.3) is 0 Å². The highest BCUT2D eigenvalue weighted by atomic mass is 16.2. The van der Waals surface area contributed by atoms with Gasteiger partial charge in [-0.2, -0.15) is 5.26 Å². The summed E-state index contributed by atoms with van der Waals surface area (Å²) in [6.45, 7) is 2.53. The smallest absolute Gasteiger partial charge is 0.238 e. The van der Waals surface area contributed by atoms with E-state index in [1.807, 2.05) is 19.1 Å². The van der Waals surface area contributed by atoms with Crippen LogP contribution in [0.1, 0.15) is 38.2 Å². The number of hydrogen-bond acceptors (Lipinski definition) is 3. The van der Waals surface area contributed by atoms with Crippen molar-refractivity contribution in [2.75, 3.05) is 5.32 Å². The van der Waals surface area contributed by atoms with Crippen molar-refractivity contribution in [2.45, 2.75) is 39.2 Å². The van der Waals surface area contributed by atoms with Crippen molar-refractivity contribution >= 4 is 17.5 Å². The minimum atomic E-state index is -0.326. The Labute approximate surface area is 119 Å². The summed E-state index contributed by atoms with van der Waals surface area (Å²) in [6, 6.07) is 8.97. The second-order valence-electron chi connectivity index (χ2n) is 4.46. The van der Waals surface area contributed by atoms with Crippen molar-refractivity contribution in [3.63, 3.8) is 0 Å². The topological polar surface area (TPSA) is 82.0 Å². The van der Waals surface area contributed by atoms with Gasteiger partial charge in [-0.1, -0.05) is 25.5 Å². The van der Waals surface area contributed by atoms with Gasteiger partial charge in [0, 0.05) is 18.7 Å². The Morgan fingerprint density at radius 3 is 2.50 bits per heavy atom. The molecule has 5 heteroatoms. The second kappa shape index (κ2) is 8.70. The molecule has 0 aromatic heterocycles. The standard InChI is InChI=1S/C15H19N3O2/c1-2-3-4-14(19)17-11-12-5-7-13(8-6-12)18-15(20)9-10-16/h5-8H,2-4,9,11H2,1H3,(H,17,19)(H,18,20). The van der Waals surface area contributed by atoms with Gasteiger partial charge in [0.05, 0.1) is 6.07 Å². The number of nitriles is 1. The van der Waals surface area contributed by atoms with Crippen LogP contribution in [0.15, 0.2) is 24.3 Å². The summed E-state index contributed by atoms with van der Waals surface area (Å²) in [7, 11) is 0. The molecule has 2 N–H and O–H groups in total. The molecule has 0 aliphatic heterocycles. The van der Waals surface area contributed by atoms with Gasteiger partial charge < -0.3 is 10.6 Å². The van der Waals surface area contributed by atoms with Gasteiger partial charge in [0.15, 0.2) is 0 Å². The molecule has 0 aliphatic carbocycles. The van der Waals surface area contributed by atoms with E-state index in [1.165, 1.54) is 0 Å². The predicted molar refractivity (Wildman–Crippen MR) is 76.7 cm³/mol. The minimum absolute atomic E-state index is 0.0539. The SMILES string of the molecule is CCCCC(=O)NCc1ccc(NC(=O)CC#N)cc1. The van der Waals surface area contributed by atoms with E-state index in [9.17, 15) is 9.59 Å². The molecule has 106 valence electrons. The molecule has 0 atom stereocenters. The first-order chi connectivity index (χ1) is 9.65. The van der Waals surface area contributed by atoms with E-state index in [0.717, 1.165) is 18.4 Å². The van der Waals surface area contributed by atoms with E-state index in [4.69, 9.17) is 5.26 Å². The molecule has 20 heavy (non-hydrogen) atoms. The lowest BCUT2D eigenvalue weighted by atomic mass is 10.2. The Hall–Kier alpha value is -2.35. The number of benzene rings is 1. The van der Waals surface area contributed by atoms with Crippen LogP contribution in [0.3, 0.4) is 0 Å². The Morgan fingerprint density at radius 2 is 1.90 bits per heavy atom. The van der Waals surface area contributed by atoms with Crippen LogP contribution in [-0.2, 0) is 16.1 Å². The summed E-state index contributed by atoms with van der Waals surface area (Å²) in [5.74, 6) is -0.272. The van der Waals surface area contributed by atoms with Gasteiger partial charge in [-0.15, -0.1) is 0 Å². The van der Waals surface area contributed by atoms with Gasteiger partial charge in [0.1, 0.15) is 6.42 Å². The fourth-order valence-electron chi connectivity index (χ4n) is 1.61. The maximum Gasteiger partial charge on any atom is 0.238 e. The summed E-state index contributed by atoms with van der Waals surface area (Å²) in [4.78, 5) is 22.7. The zero-order chi connectivity index (χ0) is 14.8. The molecule has 0 fully saturated rings. The highest BCUT2D eigenvalue weighted by molar-refractivity contribution is 5.92. The fourth-order valence-corrected chi connectivity index (χ4v) is 1.61. The largest absolute Gasteiger partial charge is 0.352 e. The van der Waals surface area contributed by atoms with Crippen LogP contribution in [0.4, 0.5) is 5.69 Å². The van der Waals surface area contributed by atoms with Crippen LogP contribution in [-0.4, -0.2) is 11.8 Å². The molecule has 1 aromatic carbocycles. The number of unbranched alkanes of at least 4 members (excludes halogenated alkanes) is 1. The predicted octanol–water partition coefficient (Wildman–Crippen LogP) is 2.35. The molecule has 0 aliphatic rings. The second-order valence-corrected chi connectivity index (χ2v) is 4.46. The molecule has 5 nitrogen and oxygen atoms in total. The Bertz CT molecular complexity index is 489. The summed E-state index contributed by atoms with van der Waals surface area (Å²) in [5, 5.41) is 13.9. The van der Waals surface area contributed by atoms with Crippen molar-refractivity contribution in [2.24, 2.45) is 0 Å². The summed E-state index contributed by atoms with van der Waals surface area (Å²) < 4.78 is 0. The Balaban J connectivity index is 2.41. The van der Waals surface area contributed by atoms with E-state index < -0.39 is 0 Å². The summed E-state index contributed by atoms with van der Waals surface area (Å²) in [5.41, 5.74) is 1.61. The molecule has 0 radical (unpaired) electrons. The lowest BCUT2D eigenvalue weighted by molar-refractivity contribution is -0.121. The lowest BCUT2D eigenvalue weighted by Gasteiger charge is -2.07. The summed E-state index contributed by atoms with van der Waals surface area (Å²) >= 11 is 0. The number of carbonyl (C=O) groups excluding carboxylic acids is 2. The van der Waals surface area contributed by atoms with Gasteiger partial charge in [0.25, 0.3) is 0 Å². The minimum Gasteiger partial charge on any atom is -0.352 e. The molecule has 1 rings (SSSR count). The average molecular weight is 273 g/mol. The van der Waals surface area contributed by atoms with Crippen LogP contribution in [0, 0.1) is 11.3 Å². The first-order valence-electron chi connectivity index (χ1n) is 6.68. The zero-order valence-electron chi connectivity index (χ0n) is 11.6. The molecule has 0 heterocycles. The third-order valence-electron chi connectivity index (χ3n) is 2.72. The molecular formula is C15H19N3O2. The van der Waals surface area contributed by atoms with E-state index in [1.54, 1.807) is 18.2 Å². The van der Waals surface area contributed by atoms with Gasteiger partial charge in [-0.3, -0.25) is 9.59 Å². The van der Waals surface area contributed by atoms with E-state index >= 15 is 0 Å². The molecule has 0 saturated heterocycles. The molecule has 1 aromatic rings. The van der Waals surface area contributed by atoms with Gasteiger partial charge in [-0.25, -0.2) is 0 Å². The highest BCUT2D eigenvalue weighted by Gasteiger charge is 2.02. The van der Waals surface area contributed by atoms with E-state index in [-0.39, 0.29) is 18.2 Å². The lowest BCUT2D eigenvalue weighted by Crippen LogP contribution is -2.22. The van der Waals surface area contributed by atoms with Crippen LogP contribution in [0.2, 0.25) is 0 Å². The van der Waals surface area contributed by atoms with Crippen molar-refractivity contribution in [1.82, 2.24) is 5.32 Å². The van der Waals surface area contributed by atoms with Crippen molar-refractivity contribution in [3.8, 4) is 6.07 Å². The number of nitrogens with one attached hydrogen (secondary N) is 2. The normalized spacial score (nSPS) is 9.60. The van der Waals surface area contributed by atoms with E-state index in [2.05, 4.69) is 10.6 Å². The average Bonchev–Trinajstić information content (AvgIpc) is 2.44. The van der Waals surface area contributed by atoms with Crippen molar-refractivity contribution in [1.29, 1.82) is 5.26 Å². The van der Waals surface area contributed by atoms with Crippen molar-refractivity contribution < 1.29 is 9.59 Å². The summed E-state index contributed by atoms with van der Waals surface area (Å²) in [6.07, 6.45) is 2.30. The van der Waals surface area contributed by atoms with E-state index in [0.29, 0.717) is 18.7 Å². The monoisotopic (exact) mass is 273 g/mol. The number of hydrogen-bond donors (Lipinski definition) is 2. The first-order valence-corrected chi connectivity index (χ1v) is 6.68. The zero-order valence-corrected chi connectivity index (χ0v) is 11.6. The molecule has 0 saturated carbocycles. The maximum absolute atomic E-state index is 11.5. The Kier molecular flexibility index (Phi) is 6.83. The molecule has 0 spiro atoms. The van der Waals surface area contributed by atoms with Gasteiger partial charge in [-0.05, 0) is 24.1 Å². The number of rotatable bonds is 7. The Morgan fingerprint density at radius 1 is 1.20 bits per heavy atom. The number of carbonyl (C=O) groups is 2. The molecule has 2 amide bonds. The van der Waals surface area contributed by atoms with Crippen LogP contribution < -0.4 is 10.6 Å². The number of amides is 2.